The lowest BCUT2D eigenvalue weighted by atomic mass is 10.2. The van der Waals surface area contributed by atoms with Gasteiger partial charge < -0.3 is 9.47 Å². The van der Waals surface area contributed by atoms with E-state index in [2.05, 4.69) is 10.1 Å². The summed E-state index contributed by atoms with van der Waals surface area (Å²) in [6.07, 6.45) is 0.968. The highest BCUT2D eigenvalue weighted by Crippen LogP contribution is 1.98. The Labute approximate surface area is 89.1 Å². The molecule has 0 radical (unpaired) electrons. The lowest BCUT2D eigenvalue weighted by Gasteiger charge is -2.22. The minimum atomic E-state index is -1.56. The third-order valence-electron chi connectivity index (χ3n) is 1.70. The van der Waals surface area contributed by atoms with Gasteiger partial charge in [-0.3, -0.25) is 11.1 Å². The van der Waals surface area contributed by atoms with E-state index in [9.17, 15) is 9.59 Å². The van der Waals surface area contributed by atoms with Gasteiger partial charge in [0.2, 0.25) is 0 Å². The van der Waals surface area contributed by atoms with E-state index in [1.165, 1.54) is 14.0 Å². The van der Waals surface area contributed by atoms with Gasteiger partial charge in [-0.2, -0.15) is 0 Å². The second-order valence-electron chi connectivity index (χ2n) is 3.31. The van der Waals surface area contributed by atoms with Crippen LogP contribution < -0.4 is 11.1 Å². The summed E-state index contributed by atoms with van der Waals surface area (Å²) >= 11 is 0. The van der Waals surface area contributed by atoms with Crippen LogP contribution in [0.25, 0.3) is 0 Å². The van der Waals surface area contributed by atoms with Gasteiger partial charge in [0.25, 0.3) is 0 Å². The first-order chi connectivity index (χ1) is 6.94. The van der Waals surface area contributed by atoms with Gasteiger partial charge in [-0.1, -0.05) is 13.3 Å². The molecule has 0 aromatic heterocycles. The van der Waals surface area contributed by atoms with E-state index in [1.54, 1.807) is 0 Å². The second-order valence-corrected chi connectivity index (χ2v) is 3.31. The van der Waals surface area contributed by atoms with E-state index in [4.69, 9.17) is 10.5 Å². The molecule has 0 aliphatic heterocycles. The van der Waals surface area contributed by atoms with Crippen molar-refractivity contribution in [2.24, 2.45) is 5.73 Å². The van der Waals surface area contributed by atoms with Crippen LogP contribution in [-0.4, -0.2) is 31.4 Å². The van der Waals surface area contributed by atoms with Crippen molar-refractivity contribution < 1.29 is 19.1 Å². The molecule has 0 aromatic rings. The molecular formula is C9H18N2O4. The molecule has 0 aliphatic rings. The summed E-state index contributed by atoms with van der Waals surface area (Å²) in [5.74, 6) is -0.727. The third kappa shape index (κ3) is 5.21. The third-order valence-corrected chi connectivity index (χ3v) is 1.70. The molecule has 1 amide bonds. The van der Waals surface area contributed by atoms with Crippen LogP contribution in [-0.2, 0) is 14.3 Å². The van der Waals surface area contributed by atoms with Crippen LogP contribution in [0.4, 0.5) is 4.79 Å². The molecule has 0 bridgehead atoms. The van der Waals surface area contributed by atoms with Crippen molar-refractivity contribution in [1.82, 2.24) is 5.32 Å². The topological polar surface area (TPSA) is 90.6 Å². The van der Waals surface area contributed by atoms with Crippen molar-refractivity contribution in [3.05, 3.63) is 0 Å². The summed E-state index contributed by atoms with van der Waals surface area (Å²) < 4.78 is 9.18. The van der Waals surface area contributed by atoms with E-state index in [1.807, 2.05) is 6.92 Å². The minimum Gasteiger partial charge on any atom is -0.466 e. The highest BCUT2D eigenvalue weighted by molar-refractivity contribution is 5.84. The number of ether oxygens (including phenoxy) is 2. The van der Waals surface area contributed by atoms with Crippen LogP contribution in [0.1, 0.15) is 26.7 Å². The molecule has 0 fully saturated rings. The first kappa shape index (κ1) is 13.7. The molecule has 6 heteroatoms. The van der Waals surface area contributed by atoms with Crippen molar-refractivity contribution in [3.8, 4) is 0 Å². The number of carbonyl (C=O) groups excluding carboxylic acids is 2. The first-order valence-corrected chi connectivity index (χ1v) is 4.76. The minimum absolute atomic E-state index is 0.305. The molecule has 0 aliphatic carbocycles. The lowest BCUT2D eigenvalue weighted by molar-refractivity contribution is -0.147. The number of nitrogens with one attached hydrogen (secondary N) is 1. The number of hydrogen-bond donors (Lipinski definition) is 2. The van der Waals surface area contributed by atoms with E-state index in [0.717, 1.165) is 12.8 Å². The van der Waals surface area contributed by atoms with Gasteiger partial charge in [0.1, 0.15) is 0 Å². The number of esters is 1. The van der Waals surface area contributed by atoms with Gasteiger partial charge in [-0.05, 0) is 13.3 Å². The fourth-order valence-electron chi connectivity index (χ4n) is 0.820. The Morgan fingerprint density at radius 1 is 1.47 bits per heavy atom. The van der Waals surface area contributed by atoms with Gasteiger partial charge in [0.15, 0.2) is 5.66 Å². The molecule has 6 nitrogen and oxygen atoms in total. The average molecular weight is 218 g/mol. The molecule has 0 rings (SSSR count). The highest BCUT2D eigenvalue weighted by atomic mass is 16.6. The van der Waals surface area contributed by atoms with Crippen molar-refractivity contribution in [3.63, 3.8) is 0 Å². The SMILES string of the molecule is CCCCOC(=O)NC(C)(N)C(=O)OC. The Balaban J connectivity index is 3.99. The molecule has 88 valence electrons. The van der Waals surface area contributed by atoms with Gasteiger partial charge in [-0.15, -0.1) is 0 Å². The van der Waals surface area contributed by atoms with Crippen LogP contribution in [0.3, 0.4) is 0 Å². The zero-order valence-corrected chi connectivity index (χ0v) is 9.33. The summed E-state index contributed by atoms with van der Waals surface area (Å²) in [6.45, 7) is 3.61. The Morgan fingerprint density at radius 3 is 2.53 bits per heavy atom. The van der Waals surface area contributed by atoms with Crippen LogP contribution in [0, 0.1) is 0 Å². The quantitative estimate of drug-likeness (QED) is 0.395. The van der Waals surface area contributed by atoms with Gasteiger partial charge in [-0.25, -0.2) is 9.59 Å². The Hall–Kier alpha value is -1.30. The number of carbonyl (C=O) groups is 2. The highest BCUT2D eigenvalue weighted by Gasteiger charge is 2.31. The van der Waals surface area contributed by atoms with E-state index >= 15 is 0 Å². The molecule has 0 heterocycles. The zero-order valence-electron chi connectivity index (χ0n) is 9.33. The van der Waals surface area contributed by atoms with Gasteiger partial charge in [0, 0.05) is 0 Å². The van der Waals surface area contributed by atoms with E-state index < -0.39 is 17.7 Å². The normalized spacial score (nSPS) is 13.9. The number of methoxy groups -OCH3 is 1. The van der Waals surface area contributed by atoms with E-state index in [-0.39, 0.29) is 0 Å². The van der Waals surface area contributed by atoms with Gasteiger partial charge >= 0.3 is 12.1 Å². The number of alkyl carbamates (subject to hydrolysis) is 1. The first-order valence-electron chi connectivity index (χ1n) is 4.76. The Morgan fingerprint density at radius 2 is 2.07 bits per heavy atom. The molecule has 3 N–H and O–H groups in total. The zero-order chi connectivity index (χ0) is 11.9. The molecule has 0 aromatic carbocycles. The van der Waals surface area contributed by atoms with E-state index in [0.29, 0.717) is 6.61 Å². The summed E-state index contributed by atoms with van der Waals surface area (Å²) in [7, 11) is 1.19. The van der Waals surface area contributed by atoms with Crippen LogP contribution >= 0.6 is 0 Å². The van der Waals surface area contributed by atoms with Crippen molar-refractivity contribution in [2.75, 3.05) is 13.7 Å². The number of amides is 1. The second kappa shape index (κ2) is 6.23. The fourth-order valence-corrected chi connectivity index (χ4v) is 0.820. The number of unbranched alkanes of at least 4 members (excludes halogenated alkanes) is 1. The van der Waals surface area contributed by atoms with Crippen molar-refractivity contribution in [2.45, 2.75) is 32.4 Å². The van der Waals surface area contributed by atoms with Crippen LogP contribution in [0.2, 0.25) is 0 Å². The molecule has 15 heavy (non-hydrogen) atoms. The predicted molar refractivity (Wildman–Crippen MR) is 54.0 cm³/mol. The fraction of sp³-hybridized carbons (Fsp3) is 0.778. The molecule has 1 atom stereocenters. The summed E-state index contributed by atoms with van der Waals surface area (Å²) in [4.78, 5) is 22.2. The van der Waals surface area contributed by atoms with Crippen LogP contribution in [0.15, 0.2) is 0 Å². The number of nitrogens with two attached hydrogens (primary N) is 1. The number of hydrogen-bond acceptors (Lipinski definition) is 5. The predicted octanol–water partition coefficient (Wildman–Crippen LogP) is 0.361. The largest absolute Gasteiger partial charge is 0.466 e. The monoisotopic (exact) mass is 218 g/mol. The number of rotatable bonds is 5. The maximum Gasteiger partial charge on any atom is 0.409 e. The molecule has 1 unspecified atom stereocenters. The van der Waals surface area contributed by atoms with Crippen molar-refractivity contribution >= 4 is 12.1 Å². The summed E-state index contributed by atoms with van der Waals surface area (Å²) in [6, 6.07) is 0. The molecule has 0 spiro atoms. The standard InChI is InChI=1S/C9H18N2O4/c1-4-5-6-15-8(13)11-9(2,10)7(12)14-3/h4-6,10H2,1-3H3,(H,11,13). The molecular weight excluding hydrogens is 200 g/mol. The Kier molecular flexibility index (Phi) is 5.69. The Bertz CT molecular complexity index is 228. The maximum atomic E-state index is 11.1. The lowest BCUT2D eigenvalue weighted by Crippen LogP contribution is -2.59. The summed E-state index contributed by atoms with van der Waals surface area (Å²) in [5, 5.41) is 2.21. The van der Waals surface area contributed by atoms with Gasteiger partial charge in [0.05, 0.1) is 13.7 Å². The van der Waals surface area contributed by atoms with Crippen molar-refractivity contribution in [1.29, 1.82) is 0 Å². The summed E-state index contributed by atoms with van der Waals surface area (Å²) in [5.41, 5.74) is 3.93. The smallest absolute Gasteiger partial charge is 0.409 e. The molecule has 0 saturated carbocycles. The molecule has 0 saturated heterocycles. The van der Waals surface area contributed by atoms with Crippen LogP contribution in [0.5, 0.6) is 0 Å². The maximum absolute atomic E-state index is 11.1. The average Bonchev–Trinajstić information content (AvgIpc) is 2.16.